The summed E-state index contributed by atoms with van der Waals surface area (Å²) in [6, 6.07) is 11.0. The molecule has 216 valence electrons. The molecule has 0 atom stereocenters. The first-order chi connectivity index (χ1) is 19.9. The summed E-state index contributed by atoms with van der Waals surface area (Å²) in [6.07, 6.45) is 0.772. The molecule has 0 amide bonds. The lowest BCUT2D eigenvalue weighted by Gasteiger charge is -2.26. The molecule has 15 heteroatoms. The third-order valence-electron chi connectivity index (χ3n) is 6.64. The van der Waals surface area contributed by atoms with Crippen LogP contribution >= 0.6 is 0 Å². The van der Waals surface area contributed by atoms with Crippen LogP contribution in [0, 0.1) is 15.9 Å². The summed E-state index contributed by atoms with van der Waals surface area (Å²) in [5, 5.41) is 29.1. The fourth-order valence-corrected chi connectivity index (χ4v) is 5.88. The molecule has 13 nitrogen and oxygen atoms in total. The van der Waals surface area contributed by atoms with Crippen molar-refractivity contribution in [1.29, 1.82) is 0 Å². The fraction of sp³-hybridized carbons (Fsp3) is 0.148. The zero-order valence-electron chi connectivity index (χ0n) is 21.3. The molecule has 42 heavy (non-hydrogen) atoms. The second-order valence-electron chi connectivity index (χ2n) is 9.41. The Morgan fingerprint density at radius 2 is 1.71 bits per heavy atom. The molecule has 2 N–H and O–H groups in total. The molecule has 1 aliphatic rings. The van der Waals surface area contributed by atoms with E-state index in [9.17, 15) is 38.0 Å². The van der Waals surface area contributed by atoms with Crippen molar-refractivity contribution in [2.24, 2.45) is 0 Å². The average molecular weight is 598 g/mol. The molecule has 0 saturated heterocycles. The molecular formula is C27H20FN3O10S. The summed E-state index contributed by atoms with van der Waals surface area (Å²) in [5.41, 5.74) is -1.40. The van der Waals surface area contributed by atoms with Crippen molar-refractivity contribution in [2.75, 3.05) is 4.31 Å². The molecule has 1 saturated carbocycles. The summed E-state index contributed by atoms with van der Waals surface area (Å²) in [7, 11) is -4.60. The Balaban J connectivity index is 1.70. The Labute approximate surface area is 235 Å². The minimum atomic E-state index is -4.60. The molecule has 1 aliphatic carbocycles. The highest BCUT2D eigenvalue weighted by atomic mass is 32.2. The van der Waals surface area contributed by atoms with Gasteiger partial charge in [-0.1, -0.05) is 12.1 Å². The van der Waals surface area contributed by atoms with Crippen LogP contribution in [0.15, 0.2) is 76.6 Å². The molecule has 0 radical (unpaired) electrons. The predicted octanol–water partition coefficient (Wildman–Crippen LogP) is 4.53. The maximum atomic E-state index is 15.8. The number of fused-ring (bicyclic) bond motifs is 1. The number of carboxylic acid groups (broad SMARTS) is 2. The molecule has 5 rings (SSSR count). The van der Waals surface area contributed by atoms with Crippen molar-refractivity contribution in [1.82, 2.24) is 4.57 Å². The fourth-order valence-electron chi connectivity index (χ4n) is 4.43. The van der Waals surface area contributed by atoms with Gasteiger partial charge < -0.3 is 19.5 Å². The van der Waals surface area contributed by atoms with Gasteiger partial charge in [0.1, 0.15) is 5.82 Å². The number of nitrogens with zero attached hydrogens (tertiary/aromatic N) is 3. The first-order valence-corrected chi connectivity index (χ1v) is 13.7. The van der Waals surface area contributed by atoms with Gasteiger partial charge in [-0.05, 0) is 54.8 Å². The van der Waals surface area contributed by atoms with E-state index < -0.39 is 56.3 Å². The van der Waals surface area contributed by atoms with Crippen molar-refractivity contribution >= 4 is 44.4 Å². The minimum Gasteiger partial charge on any atom is -0.478 e. The van der Waals surface area contributed by atoms with E-state index in [2.05, 4.69) is 4.74 Å². The molecule has 0 spiro atoms. The smallest absolute Gasteiger partial charge is 0.478 e. The number of hydrogen-bond donors (Lipinski definition) is 2. The second-order valence-corrected chi connectivity index (χ2v) is 11.3. The van der Waals surface area contributed by atoms with Crippen LogP contribution in [0.1, 0.15) is 34.8 Å². The van der Waals surface area contributed by atoms with Crippen LogP contribution in [-0.2, 0) is 16.6 Å². The van der Waals surface area contributed by atoms with Crippen molar-refractivity contribution in [3.05, 3.63) is 104 Å². The molecule has 1 fully saturated rings. The number of nitro benzene ring substituents is 1. The monoisotopic (exact) mass is 597 g/mol. The Hall–Kier alpha value is -5.31. The normalized spacial score (nSPS) is 13.1. The molecule has 4 aromatic rings. The van der Waals surface area contributed by atoms with E-state index in [0.717, 1.165) is 36.4 Å². The zero-order chi connectivity index (χ0) is 30.3. The third-order valence-corrected chi connectivity index (χ3v) is 8.41. The molecule has 0 unspecified atom stereocenters. The number of aromatic carboxylic acids is 1. The number of rotatable bonds is 9. The van der Waals surface area contributed by atoms with Gasteiger partial charge in [-0.25, -0.2) is 22.4 Å². The average Bonchev–Trinajstić information content (AvgIpc) is 3.79. The Bertz CT molecular complexity index is 1920. The Morgan fingerprint density at radius 1 is 1.07 bits per heavy atom. The lowest BCUT2D eigenvalue weighted by molar-refractivity contribution is -0.384. The number of halogens is 1. The third kappa shape index (κ3) is 5.36. The maximum Gasteiger partial charge on any atom is 0.511 e. The van der Waals surface area contributed by atoms with Gasteiger partial charge in [0.25, 0.3) is 15.7 Å². The minimum absolute atomic E-state index is 0.0618. The highest BCUT2D eigenvalue weighted by molar-refractivity contribution is 7.92. The first kappa shape index (κ1) is 28.2. The highest BCUT2D eigenvalue weighted by Gasteiger charge is 2.31. The number of anilines is 1. The number of aromatic nitrogens is 1. The topological polar surface area (TPSA) is 186 Å². The zero-order valence-corrected chi connectivity index (χ0v) is 22.2. The van der Waals surface area contributed by atoms with Crippen LogP contribution in [0.2, 0.25) is 0 Å². The van der Waals surface area contributed by atoms with E-state index in [0.29, 0.717) is 17.1 Å². The summed E-state index contributed by atoms with van der Waals surface area (Å²) < 4.78 is 50.4. The van der Waals surface area contributed by atoms with Gasteiger partial charge in [-0.15, -0.1) is 0 Å². The summed E-state index contributed by atoms with van der Waals surface area (Å²) in [5.74, 6) is -2.88. The molecule has 3 aromatic carbocycles. The van der Waals surface area contributed by atoms with E-state index in [4.69, 9.17) is 5.11 Å². The van der Waals surface area contributed by atoms with Gasteiger partial charge >= 0.3 is 12.1 Å². The van der Waals surface area contributed by atoms with Crippen LogP contribution in [0.4, 0.5) is 20.6 Å². The van der Waals surface area contributed by atoms with Crippen LogP contribution in [0.3, 0.4) is 0 Å². The van der Waals surface area contributed by atoms with Gasteiger partial charge in [0.15, 0.2) is 5.75 Å². The van der Waals surface area contributed by atoms with E-state index >= 15 is 4.39 Å². The number of benzene rings is 3. The standard InChI is InChI=1S/C27H20FN3O10S/c28-21-11-20-22(29(17-5-6-17)14-24(25(20)32)41-27(35)36)12-23(21)30(13-15-1-3-16(4-2-15)26(33)34)42(39,40)19-9-7-18(8-10-19)31(37)38/h1-4,7-12,14,17H,5-6,13H2,(H,33,34)(H,35,36). The molecule has 0 aliphatic heterocycles. The van der Waals surface area contributed by atoms with Crippen LogP contribution < -0.4 is 14.5 Å². The van der Waals surface area contributed by atoms with E-state index in [1.165, 1.54) is 35.0 Å². The number of sulfonamides is 1. The number of ether oxygens (including phenoxy) is 1. The number of non-ortho nitro benzene ring substituents is 1. The van der Waals surface area contributed by atoms with Crippen molar-refractivity contribution in [3.8, 4) is 5.75 Å². The van der Waals surface area contributed by atoms with Crippen LogP contribution in [-0.4, -0.2) is 40.2 Å². The van der Waals surface area contributed by atoms with Gasteiger partial charge in [-0.3, -0.25) is 19.2 Å². The quantitative estimate of drug-likeness (QED) is 0.158. The maximum absolute atomic E-state index is 15.8. The number of carbonyl (C=O) groups is 2. The number of carboxylic acids is 1. The molecule has 0 bridgehead atoms. The van der Waals surface area contributed by atoms with E-state index in [-0.39, 0.29) is 38.7 Å². The second kappa shape index (κ2) is 10.6. The largest absolute Gasteiger partial charge is 0.511 e. The Kier molecular flexibility index (Phi) is 7.12. The summed E-state index contributed by atoms with van der Waals surface area (Å²) >= 11 is 0. The van der Waals surface area contributed by atoms with Crippen molar-refractivity contribution in [2.45, 2.75) is 30.3 Å². The molecular weight excluding hydrogens is 577 g/mol. The van der Waals surface area contributed by atoms with E-state index in [1.807, 2.05) is 0 Å². The molecule has 1 aromatic heterocycles. The number of hydrogen-bond acceptors (Lipinski definition) is 8. The summed E-state index contributed by atoms with van der Waals surface area (Å²) in [4.78, 5) is 45.4. The van der Waals surface area contributed by atoms with Crippen molar-refractivity contribution < 1.29 is 42.3 Å². The van der Waals surface area contributed by atoms with E-state index in [1.54, 1.807) is 0 Å². The highest BCUT2D eigenvalue weighted by Crippen LogP contribution is 2.39. The van der Waals surface area contributed by atoms with Crippen LogP contribution in [0.25, 0.3) is 10.9 Å². The number of nitro groups is 1. The van der Waals surface area contributed by atoms with Gasteiger partial charge in [0.05, 0.1) is 44.7 Å². The van der Waals surface area contributed by atoms with Gasteiger partial charge in [-0.2, -0.15) is 0 Å². The number of pyridine rings is 1. The summed E-state index contributed by atoms with van der Waals surface area (Å²) in [6.45, 7) is -0.477. The first-order valence-electron chi connectivity index (χ1n) is 12.3. The van der Waals surface area contributed by atoms with Crippen molar-refractivity contribution in [3.63, 3.8) is 0 Å². The Morgan fingerprint density at radius 3 is 2.26 bits per heavy atom. The lowest BCUT2D eigenvalue weighted by atomic mass is 10.1. The SMILES string of the molecule is O=C(O)Oc1cn(C2CC2)c2cc(N(Cc3ccc(C(=O)O)cc3)S(=O)(=O)c3ccc([N+](=O)[O-])cc3)c(F)cc2c1=O. The predicted molar refractivity (Wildman–Crippen MR) is 145 cm³/mol. The molecule has 1 heterocycles. The van der Waals surface area contributed by atoms with Crippen LogP contribution in [0.5, 0.6) is 5.75 Å². The van der Waals surface area contributed by atoms with Gasteiger partial charge in [0.2, 0.25) is 5.43 Å². The lowest BCUT2D eigenvalue weighted by Crippen LogP contribution is -2.31. The van der Waals surface area contributed by atoms with Gasteiger partial charge in [0, 0.05) is 18.2 Å².